The van der Waals surface area contributed by atoms with Crippen molar-refractivity contribution in [1.82, 2.24) is 10.2 Å². The molecule has 0 saturated carbocycles. The van der Waals surface area contributed by atoms with Gasteiger partial charge in [-0.25, -0.2) is 0 Å². The van der Waals surface area contributed by atoms with Crippen molar-refractivity contribution in [2.45, 2.75) is 18.9 Å². The molecule has 0 aliphatic carbocycles. The number of guanidine groups is 1. The zero-order valence-corrected chi connectivity index (χ0v) is 12.3. The summed E-state index contributed by atoms with van der Waals surface area (Å²) in [6.45, 7) is 3.05. The van der Waals surface area contributed by atoms with Crippen LogP contribution in [0.5, 0.6) is 5.75 Å². The van der Waals surface area contributed by atoms with Crippen LogP contribution in [0.25, 0.3) is 0 Å². The summed E-state index contributed by atoms with van der Waals surface area (Å²) in [6, 6.07) is 8.60. The van der Waals surface area contributed by atoms with Gasteiger partial charge in [0.1, 0.15) is 5.75 Å². The SMILES string of the molecule is CN=C(N)NCC(c1ccc(OC)cc1)N1CCCC1. The summed E-state index contributed by atoms with van der Waals surface area (Å²) in [6.07, 6.45) is 2.54. The van der Waals surface area contributed by atoms with E-state index in [1.165, 1.54) is 18.4 Å². The van der Waals surface area contributed by atoms with E-state index in [1.807, 2.05) is 12.1 Å². The van der Waals surface area contributed by atoms with Crippen LogP contribution in [0, 0.1) is 0 Å². The number of benzene rings is 1. The number of nitrogens with zero attached hydrogens (tertiary/aromatic N) is 2. The normalized spacial score (nSPS) is 18.0. The van der Waals surface area contributed by atoms with Crippen LogP contribution in [0.4, 0.5) is 0 Å². The van der Waals surface area contributed by atoms with E-state index in [2.05, 4.69) is 27.3 Å². The molecule has 1 aliphatic heterocycles. The molecule has 1 atom stereocenters. The molecule has 2 rings (SSSR count). The smallest absolute Gasteiger partial charge is 0.188 e. The van der Waals surface area contributed by atoms with Crippen molar-refractivity contribution in [2.24, 2.45) is 10.7 Å². The second-order valence-corrected chi connectivity index (χ2v) is 5.02. The molecule has 0 bridgehead atoms. The third-order valence-electron chi connectivity index (χ3n) is 3.80. The first-order chi connectivity index (χ1) is 9.74. The van der Waals surface area contributed by atoms with Gasteiger partial charge in [0.15, 0.2) is 5.96 Å². The van der Waals surface area contributed by atoms with Gasteiger partial charge in [-0.15, -0.1) is 0 Å². The van der Waals surface area contributed by atoms with Crippen molar-refractivity contribution in [3.05, 3.63) is 29.8 Å². The number of nitrogens with one attached hydrogen (secondary N) is 1. The summed E-state index contributed by atoms with van der Waals surface area (Å²) < 4.78 is 5.22. The topological polar surface area (TPSA) is 62.9 Å². The van der Waals surface area contributed by atoms with E-state index in [0.29, 0.717) is 12.0 Å². The van der Waals surface area contributed by atoms with Crippen molar-refractivity contribution >= 4 is 5.96 Å². The molecule has 0 radical (unpaired) electrons. The van der Waals surface area contributed by atoms with Gasteiger partial charge in [-0.3, -0.25) is 9.89 Å². The fourth-order valence-corrected chi connectivity index (χ4v) is 2.62. The molecule has 5 heteroatoms. The fourth-order valence-electron chi connectivity index (χ4n) is 2.62. The summed E-state index contributed by atoms with van der Waals surface area (Å²) in [7, 11) is 3.38. The first-order valence-corrected chi connectivity index (χ1v) is 7.08. The molecule has 0 amide bonds. The van der Waals surface area contributed by atoms with Gasteiger partial charge >= 0.3 is 0 Å². The first-order valence-electron chi connectivity index (χ1n) is 7.08. The minimum Gasteiger partial charge on any atom is -0.497 e. The molecular weight excluding hydrogens is 252 g/mol. The molecule has 3 N–H and O–H groups in total. The summed E-state index contributed by atoms with van der Waals surface area (Å²) in [4.78, 5) is 6.45. The van der Waals surface area contributed by atoms with Crippen LogP contribution in [-0.2, 0) is 0 Å². The molecule has 1 aliphatic rings. The van der Waals surface area contributed by atoms with Crippen LogP contribution < -0.4 is 15.8 Å². The van der Waals surface area contributed by atoms with Crippen molar-refractivity contribution in [1.29, 1.82) is 0 Å². The summed E-state index contributed by atoms with van der Waals surface area (Å²) in [5.41, 5.74) is 7.03. The predicted molar refractivity (Wildman–Crippen MR) is 82.1 cm³/mol. The van der Waals surface area contributed by atoms with Crippen LogP contribution in [0.15, 0.2) is 29.3 Å². The van der Waals surface area contributed by atoms with Gasteiger partial charge in [-0.1, -0.05) is 12.1 Å². The third kappa shape index (κ3) is 3.63. The molecule has 0 aromatic heterocycles. The number of hydrogen-bond donors (Lipinski definition) is 2. The molecule has 110 valence electrons. The molecule has 1 unspecified atom stereocenters. The van der Waals surface area contributed by atoms with E-state index >= 15 is 0 Å². The zero-order valence-electron chi connectivity index (χ0n) is 12.3. The van der Waals surface area contributed by atoms with E-state index in [4.69, 9.17) is 10.5 Å². The monoisotopic (exact) mass is 276 g/mol. The van der Waals surface area contributed by atoms with Crippen molar-refractivity contribution < 1.29 is 4.74 Å². The van der Waals surface area contributed by atoms with Crippen LogP contribution in [-0.4, -0.2) is 44.7 Å². The molecule has 1 aromatic carbocycles. The lowest BCUT2D eigenvalue weighted by Gasteiger charge is -2.28. The Hall–Kier alpha value is -1.75. The van der Waals surface area contributed by atoms with Gasteiger partial charge in [0.25, 0.3) is 0 Å². The number of methoxy groups -OCH3 is 1. The van der Waals surface area contributed by atoms with Gasteiger partial charge < -0.3 is 15.8 Å². The van der Waals surface area contributed by atoms with E-state index in [9.17, 15) is 0 Å². The molecule has 20 heavy (non-hydrogen) atoms. The second-order valence-electron chi connectivity index (χ2n) is 5.02. The quantitative estimate of drug-likeness (QED) is 0.630. The van der Waals surface area contributed by atoms with Crippen LogP contribution in [0.2, 0.25) is 0 Å². The van der Waals surface area contributed by atoms with Crippen LogP contribution in [0.3, 0.4) is 0 Å². The molecule has 0 spiro atoms. The number of likely N-dealkylation sites (tertiary alicyclic amines) is 1. The van der Waals surface area contributed by atoms with Crippen molar-refractivity contribution in [3.63, 3.8) is 0 Å². The molecule has 5 nitrogen and oxygen atoms in total. The van der Waals surface area contributed by atoms with Crippen molar-refractivity contribution in [3.8, 4) is 5.75 Å². The summed E-state index contributed by atoms with van der Waals surface area (Å²) in [5.74, 6) is 1.37. The van der Waals surface area contributed by atoms with E-state index in [-0.39, 0.29) is 0 Å². The minimum atomic E-state index is 0.323. The highest BCUT2D eigenvalue weighted by atomic mass is 16.5. The van der Waals surface area contributed by atoms with Gasteiger partial charge in [-0.05, 0) is 43.6 Å². The predicted octanol–water partition coefficient (Wildman–Crippen LogP) is 1.37. The molecule has 1 aromatic rings. The van der Waals surface area contributed by atoms with E-state index in [1.54, 1.807) is 14.2 Å². The Morgan fingerprint density at radius 2 is 2.00 bits per heavy atom. The lowest BCUT2D eigenvalue weighted by molar-refractivity contribution is 0.245. The van der Waals surface area contributed by atoms with E-state index < -0.39 is 0 Å². The van der Waals surface area contributed by atoms with Gasteiger partial charge in [0, 0.05) is 13.6 Å². The fraction of sp³-hybridized carbons (Fsp3) is 0.533. The van der Waals surface area contributed by atoms with Gasteiger partial charge in [-0.2, -0.15) is 0 Å². The Kier molecular flexibility index (Phi) is 5.24. The van der Waals surface area contributed by atoms with E-state index in [0.717, 1.165) is 25.4 Å². The largest absolute Gasteiger partial charge is 0.497 e. The van der Waals surface area contributed by atoms with Gasteiger partial charge in [0.05, 0.1) is 13.2 Å². The Labute approximate surface area is 120 Å². The Bertz CT molecular complexity index is 438. The van der Waals surface area contributed by atoms with Crippen LogP contribution in [0.1, 0.15) is 24.4 Å². The zero-order chi connectivity index (χ0) is 14.4. The average molecular weight is 276 g/mol. The maximum Gasteiger partial charge on any atom is 0.188 e. The summed E-state index contributed by atoms with van der Waals surface area (Å²) >= 11 is 0. The molecule has 1 fully saturated rings. The maximum absolute atomic E-state index is 5.74. The number of rotatable bonds is 5. The number of hydrogen-bond acceptors (Lipinski definition) is 3. The lowest BCUT2D eigenvalue weighted by atomic mass is 10.1. The molecule has 1 saturated heterocycles. The average Bonchev–Trinajstić information content (AvgIpc) is 3.02. The Morgan fingerprint density at radius 1 is 1.35 bits per heavy atom. The molecular formula is C15H24N4O. The van der Waals surface area contributed by atoms with Gasteiger partial charge in [0.2, 0.25) is 0 Å². The summed E-state index contributed by atoms with van der Waals surface area (Å²) in [5, 5.41) is 3.19. The Morgan fingerprint density at radius 3 is 2.55 bits per heavy atom. The number of aliphatic imine (C=N–C) groups is 1. The highest BCUT2D eigenvalue weighted by Crippen LogP contribution is 2.26. The third-order valence-corrected chi connectivity index (χ3v) is 3.80. The van der Waals surface area contributed by atoms with Crippen LogP contribution >= 0.6 is 0 Å². The maximum atomic E-state index is 5.74. The lowest BCUT2D eigenvalue weighted by Crippen LogP contribution is -2.39. The minimum absolute atomic E-state index is 0.323. The Balaban J connectivity index is 2.11. The number of nitrogens with two attached hydrogens (primary N) is 1. The standard InChI is InChI=1S/C15H24N4O/c1-17-15(16)18-11-14(19-9-3-4-10-19)12-5-7-13(20-2)8-6-12/h5-8,14H,3-4,9-11H2,1-2H3,(H3,16,17,18). The molecule has 1 heterocycles. The highest BCUT2D eigenvalue weighted by molar-refractivity contribution is 5.77. The number of ether oxygens (including phenoxy) is 1. The first kappa shape index (κ1) is 14.7. The van der Waals surface area contributed by atoms with Crippen molar-refractivity contribution in [2.75, 3.05) is 33.8 Å². The highest BCUT2D eigenvalue weighted by Gasteiger charge is 2.23. The second kappa shape index (κ2) is 7.14.